The molecule has 1 amide bonds. The summed E-state index contributed by atoms with van der Waals surface area (Å²) >= 11 is 0. The van der Waals surface area contributed by atoms with E-state index in [0.29, 0.717) is 24.5 Å². The number of ether oxygens (including phenoxy) is 2. The van der Waals surface area contributed by atoms with Gasteiger partial charge >= 0.3 is 12.1 Å². The van der Waals surface area contributed by atoms with E-state index in [2.05, 4.69) is 5.32 Å². The van der Waals surface area contributed by atoms with Crippen molar-refractivity contribution in [3.63, 3.8) is 0 Å². The Morgan fingerprint density at radius 2 is 1.69 bits per heavy atom. The molecule has 138 valence electrons. The van der Waals surface area contributed by atoms with E-state index in [1.807, 2.05) is 39.0 Å². The van der Waals surface area contributed by atoms with Crippen LogP contribution in [0.4, 0.5) is 4.79 Å². The molecule has 6 nitrogen and oxygen atoms in total. The number of carboxylic acids is 1. The van der Waals surface area contributed by atoms with Crippen LogP contribution in [0.5, 0.6) is 11.5 Å². The minimum absolute atomic E-state index is 0.167. The lowest BCUT2D eigenvalue weighted by Crippen LogP contribution is -2.33. The molecule has 2 aromatic carbocycles. The van der Waals surface area contributed by atoms with Crippen molar-refractivity contribution in [2.24, 2.45) is 0 Å². The van der Waals surface area contributed by atoms with Crippen LogP contribution in [0.25, 0.3) is 0 Å². The second kappa shape index (κ2) is 8.38. The largest absolute Gasteiger partial charge is 0.478 e. The highest BCUT2D eigenvalue weighted by Crippen LogP contribution is 2.23. The molecule has 0 aliphatic heterocycles. The number of amides is 1. The maximum absolute atomic E-state index is 11.6. The molecule has 2 rings (SSSR count). The van der Waals surface area contributed by atoms with Crippen molar-refractivity contribution >= 4 is 12.1 Å². The summed E-state index contributed by atoms with van der Waals surface area (Å²) in [7, 11) is 0. The van der Waals surface area contributed by atoms with Gasteiger partial charge in [0.25, 0.3) is 0 Å². The van der Waals surface area contributed by atoms with Gasteiger partial charge in [-0.05, 0) is 63.1 Å². The first-order chi connectivity index (χ1) is 12.2. The number of rotatable bonds is 6. The fraction of sp³-hybridized carbons (Fsp3) is 0.300. The van der Waals surface area contributed by atoms with Gasteiger partial charge in [0.2, 0.25) is 0 Å². The van der Waals surface area contributed by atoms with Gasteiger partial charge in [-0.3, -0.25) is 0 Å². The van der Waals surface area contributed by atoms with E-state index >= 15 is 0 Å². The summed E-state index contributed by atoms with van der Waals surface area (Å²) in [6.45, 7) is 5.87. The molecule has 26 heavy (non-hydrogen) atoms. The minimum Gasteiger partial charge on any atom is -0.478 e. The van der Waals surface area contributed by atoms with Crippen molar-refractivity contribution in [1.29, 1.82) is 0 Å². The summed E-state index contributed by atoms with van der Waals surface area (Å²) in [6.07, 6.45) is 0.168. The van der Waals surface area contributed by atoms with Gasteiger partial charge in [0, 0.05) is 6.54 Å². The fourth-order valence-corrected chi connectivity index (χ4v) is 2.22. The Morgan fingerprint density at radius 3 is 2.35 bits per heavy atom. The summed E-state index contributed by atoms with van der Waals surface area (Å²) in [5.41, 5.74) is 0.621. The highest BCUT2D eigenvalue weighted by atomic mass is 16.6. The number of alkyl carbamates (subject to hydrolysis) is 1. The lowest BCUT2D eigenvalue weighted by molar-refractivity contribution is 0.0528. The highest BCUT2D eigenvalue weighted by Gasteiger charge is 2.15. The van der Waals surface area contributed by atoms with Crippen LogP contribution in [-0.4, -0.2) is 29.3 Å². The van der Waals surface area contributed by atoms with E-state index in [-0.39, 0.29) is 5.56 Å². The quantitative estimate of drug-likeness (QED) is 0.807. The molecule has 0 atom stereocenters. The normalized spacial score (nSPS) is 10.9. The third-order valence-corrected chi connectivity index (χ3v) is 3.30. The minimum atomic E-state index is -1.00. The Balaban J connectivity index is 1.93. The van der Waals surface area contributed by atoms with Crippen LogP contribution in [0.15, 0.2) is 48.5 Å². The molecule has 0 unspecified atom stereocenters. The lowest BCUT2D eigenvalue weighted by atomic mass is 10.1. The molecule has 0 spiro atoms. The number of carbonyl (C=O) groups excluding carboxylic acids is 1. The predicted octanol–water partition coefficient (Wildman–Crippen LogP) is 4.24. The third-order valence-electron chi connectivity index (χ3n) is 3.30. The van der Waals surface area contributed by atoms with Crippen LogP contribution < -0.4 is 10.1 Å². The zero-order valence-electron chi connectivity index (χ0n) is 15.1. The van der Waals surface area contributed by atoms with Gasteiger partial charge in [0.05, 0.1) is 5.56 Å². The second-order valence-corrected chi connectivity index (χ2v) is 6.76. The van der Waals surface area contributed by atoms with Crippen LogP contribution in [0, 0.1) is 0 Å². The van der Waals surface area contributed by atoms with Crippen LogP contribution >= 0.6 is 0 Å². The van der Waals surface area contributed by atoms with Crippen molar-refractivity contribution < 1.29 is 24.2 Å². The van der Waals surface area contributed by atoms with Crippen molar-refractivity contribution in [2.75, 3.05) is 6.54 Å². The molecule has 0 bridgehead atoms. The topological polar surface area (TPSA) is 84.9 Å². The van der Waals surface area contributed by atoms with E-state index in [1.165, 1.54) is 12.1 Å². The number of carbonyl (C=O) groups is 2. The Hall–Kier alpha value is -3.02. The maximum Gasteiger partial charge on any atom is 0.407 e. The van der Waals surface area contributed by atoms with Gasteiger partial charge in [0.1, 0.15) is 17.1 Å². The Kier molecular flexibility index (Phi) is 6.22. The molecular formula is C20H23NO5. The van der Waals surface area contributed by atoms with Gasteiger partial charge in [-0.25, -0.2) is 9.59 Å². The SMILES string of the molecule is CC(C)(C)OC(=O)NCCc1cccc(Oc2cccc(C(=O)O)c2)c1. The standard InChI is InChI=1S/C20H23NO5/c1-20(2,3)26-19(24)21-11-10-14-6-4-8-16(12-14)25-17-9-5-7-15(13-17)18(22)23/h4-9,12-13H,10-11H2,1-3H3,(H,21,24)(H,22,23). The number of nitrogens with one attached hydrogen (secondary N) is 1. The van der Waals surface area contributed by atoms with Crippen LogP contribution in [0.3, 0.4) is 0 Å². The Bertz CT molecular complexity index is 780. The average molecular weight is 357 g/mol. The first-order valence-corrected chi connectivity index (χ1v) is 8.30. The van der Waals surface area contributed by atoms with Crippen molar-refractivity contribution in [3.05, 3.63) is 59.7 Å². The van der Waals surface area contributed by atoms with Gasteiger partial charge in [-0.1, -0.05) is 18.2 Å². The Labute approximate surface area is 152 Å². The van der Waals surface area contributed by atoms with Gasteiger partial charge in [-0.2, -0.15) is 0 Å². The molecule has 0 aromatic heterocycles. The number of benzene rings is 2. The molecule has 0 radical (unpaired) electrons. The molecule has 2 N–H and O–H groups in total. The van der Waals surface area contributed by atoms with Crippen molar-refractivity contribution in [2.45, 2.75) is 32.8 Å². The van der Waals surface area contributed by atoms with Crippen LogP contribution in [0.2, 0.25) is 0 Å². The van der Waals surface area contributed by atoms with E-state index in [4.69, 9.17) is 14.6 Å². The van der Waals surface area contributed by atoms with E-state index in [0.717, 1.165) is 5.56 Å². The van der Waals surface area contributed by atoms with Gasteiger partial charge in [-0.15, -0.1) is 0 Å². The van der Waals surface area contributed by atoms with E-state index in [1.54, 1.807) is 18.2 Å². The predicted molar refractivity (Wildman–Crippen MR) is 97.9 cm³/mol. The van der Waals surface area contributed by atoms with Gasteiger partial charge in [0.15, 0.2) is 0 Å². The molecule has 2 aromatic rings. The molecule has 0 aliphatic rings. The number of hydrogen-bond donors (Lipinski definition) is 2. The summed E-state index contributed by atoms with van der Waals surface area (Å²) in [4.78, 5) is 22.7. The maximum atomic E-state index is 11.6. The zero-order valence-corrected chi connectivity index (χ0v) is 15.1. The zero-order chi connectivity index (χ0) is 19.2. The average Bonchev–Trinajstić information content (AvgIpc) is 2.54. The number of aromatic carboxylic acids is 1. The van der Waals surface area contributed by atoms with Gasteiger partial charge < -0.3 is 19.9 Å². The first-order valence-electron chi connectivity index (χ1n) is 8.30. The van der Waals surface area contributed by atoms with E-state index in [9.17, 15) is 9.59 Å². The monoisotopic (exact) mass is 357 g/mol. The van der Waals surface area contributed by atoms with Crippen LogP contribution in [0.1, 0.15) is 36.7 Å². The molecule has 0 aliphatic carbocycles. The molecule has 6 heteroatoms. The number of carboxylic acid groups (broad SMARTS) is 1. The molecule has 0 saturated carbocycles. The third kappa shape index (κ3) is 6.47. The summed E-state index contributed by atoms with van der Waals surface area (Å²) in [5.74, 6) is 0.0497. The van der Waals surface area contributed by atoms with Crippen molar-refractivity contribution in [3.8, 4) is 11.5 Å². The smallest absolute Gasteiger partial charge is 0.407 e. The molecule has 0 heterocycles. The summed E-state index contributed by atoms with van der Waals surface area (Å²) in [6, 6.07) is 13.7. The molecule has 0 fully saturated rings. The van der Waals surface area contributed by atoms with Crippen molar-refractivity contribution in [1.82, 2.24) is 5.32 Å². The fourth-order valence-electron chi connectivity index (χ4n) is 2.22. The molecule has 0 saturated heterocycles. The summed E-state index contributed by atoms with van der Waals surface area (Å²) < 4.78 is 10.9. The summed E-state index contributed by atoms with van der Waals surface area (Å²) in [5, 5.41) is 11.7. The number of hydrogen-bond acceptors (Lipinski definition) is 4. The highest BCUT2D eigenvalue weighted by molar-refractivity contribution is 5.88. The first kappa shape index (κ1) is 19.3. The second-order valence-electron chi connectivity index (χ2n) is 6.76. The lowest BCUT2D eigenvalue weighted by Gasteiger charge is -2.19. The van der Waals surface area contributed by atoms with Crippen LogP contribution in [-0.2, 0) is 11.2 Å². The molecular weight excluding hydrogens is 334 g/mol. The Morgan fingerprint density at radius 1 is 1.04 bits per heavy atom. The van der Waals surface area contributed by atoms with E-state index < -0.39 is 17.7 Å².